The normalized spacial score (nSPS) is 17.3. The summed E-state index contributed by atoms with van der Waals surface area (Å²) in [7, 11) is 3.75. The number of piperidine rings is 1. The first-order valence-corrected chi connectivity index (χ1v) is 10.8. The molecule has 0 N–H and O–H groups in total. The van der Waals surface area contributed by atoms with Crippen LogP contribution in [-0.2, 0) is 20.0 Å². The van der Waals surface area contributed by atoms with Crippen LogP contribution in [-0.4, -0.2) is 39.9 Å². The SMILES string of the molecule is COc1ccccc1Cc1cc(C)nc(C2CCCN(Cc3cnn(C)c3C)C2)c1. The van der Waals surface area contributed by atoms with Gasteiger partial charge < -0.3 is 4.74 Å². The van der Waals surface area contributed by atoms with Crippen LogP contribution in [0.2, 0.25) is 0 Å². The van der Waals surface area contributed by atoms with Crippen LogP contribution >= 0.6 is 0 Å². The molecule has 1 saturated heterocycles. The Morgan fingerprint density at radius 3 is 2.73 bits per heavy atom. The summed E-state index contributed by atoms with van der Waals surface area (Å²) in [5, 5.41) is 4.40. The van der Waals surface area contributed by atoms with E-state index in [1.807, 2.05) is 30.1 Å². The number of para-hydroxylation sites is 1. The van der Waals surface area contributed by atoms with Gasteiger partial charge in [-0.2, -0.15) is 5.10 Å². The van der Waals surface area contributed by atoms with Gasteiger partial charge in [0.25, 0.3) is 0 Å². The molecule has 1 fully saturated rings. The van der Waals surface area contributed by atoms with E-state index in [2.05, 4.69) is 48.1 Å². The van der Waals surface area contributed by atoms with Crippen LogP contribution in [0.15, 0.2) is 42.6 Å². The summed E-state index contributed by atoms with van der Waals surface area (Å²) in [5.41, 5.74) is 7.43. The first-order chi connectivity index (χ1) is 14.5. The van der Waals surface area contributed by atoms with E-state index in [1.54, 1.807) is 7.11 Å². The van der Waals surface area contributed by atoms with E-state index >= 15 is 0 Å². The summed E-state index contributed by atoms with van der Waals surface area (Å²) >= 11 is 0. The van der Waals surface area contributed by atoms with Crippen molar-refractivity contribution in [3.05, 3.63) is 76.4 Å². The van der Waals surface area contributed by atoms with Crippen molar-refractivity contribution < 1.29 is 4.74 Å². The van der Waals surface area contributed by atoms with E-state index in [0.29, 0.717) is 5.92 Å². The second kappa shape index (κ2) is 9.00. The number of rotatable bonds is 6. The summed E-state index contributed by atoms with van der Waals surface area (Å²) < 4.78 is 7.51. The molecule has 1 aromatic carbocycles. The first kappa shape index (κ1) is 20.6. The summed E-state index contributed by atoms with van der Waals surface area (Å²) in [5.74, 6) is 1.43. The number of hydrogen-bond acceptors (Lipinski definition) is 4. The van der Waals surface area contributed by atoms with Crippen molar-refractivity contribution in [1.29, 1.82) is 0 Å². The molecule has 0 spiro atoms. The van der Waals surface area contributed by atoms with Gasteiger partial charge in [0.05, 0.1) is 13.3 Å². The van der Waals surface area contributed by atoms with Crippen LogP contribution in [0.5, 0.6) is 5.75 Å². The minimum Gasteiger partial charge on any atom is -0.496 e. The summed E-state index contributed by atoms with van der Waals surface area (Å²) in [6.45, 7) is 7.42. The molecule has 3 aromatic rings. The van der Waals surface area contributed by atoms with Crippen molar-refractivity contribution in [3.63, 3.8) is 0 Å². The molecule has 4 rings (SSSR count). The van der Waals surface area contributed by atoms with Gasteiger partial charge in [-0.15, -0.1) is 0 Å². The van der Waals surface area contributed by atoms with Gasteiger partial charge in [-0.3, -0.25) is 14.6 Å². The second-order valence-electron chi connectivity index (χ2n) is 8.48. The molecule has 0 bridgehead atoms. The second-order valence-corrected chi connectivity index (χ2v) is 8.48. The predicted molar refractivity (Wildman–Crippen MR) is 120 cm³/mol. The fourth-order valence-electron chi connectivity index (χ4n) is 4.53. The number of aryl methyl sites for hydroxylation is 2. The third-order valence-corrected chi connectivity index (χ3v) is 6.27. The van der Waals surface area contributed by atoms with Crippen molar-refractivity contribution in [2.24, 2.45) is 7.05 Å². The van der Waals surface area contributed by atoms with Gasteiger partial charge in [0.2, 0.25) is 0 Å². The van der Waals surface area contributed by atoms with Gasteiger partial charge in [0, 0.05) is 55.1 Å². The Labute approximate surface area is 179 Å². The van der Waals surface area contributed by atoms with E-state index in [0.717, 1.165) is 37.5 Å². The number of methoxy groups -OCH3 is 1. The highest BCUT2D eigenvalue weighted by atomic mass is 16.5. The number of benzene rings is 1. The molecule has 0 radical (unpaired) electrons. The van der Waals surface area contributed by atoms with Crippen LogP contribution in [0.25, 0.3) is 0 Å². The molecular formula is C25H32N4O. The van der Waals surface area contributed by atoms with Crippen molar-refractivity contribution in [3.8, 4) is 5.75 Å². The molecule has 0 amide bonds. The van der Waals surface area contributed by atoms with Crippen LogP contribution < -0.4 is 4.74 Å². The molecule has 158 valence electrons. The lowest BCUT2D eigenvalue weighted by molar-refractivity contribution is 0.198. The van der Waals surface area contributed by atoms with Crippen molar-refractivity contribution in [2.45, 2.75) is 45.6 Å². The van der Waals surface area contributed by atoms with Crippen LogP contribution in [0.1, 0.15) is 52.5 Å². The van der Waals surface area contributed by atoms with E-state index < -0.39 is 0 Å². The lowest BCUT2D eigenvalue weighted by Gasteiger charge is -2.32. The van der Waals surface area contributed by atoms with E-state index in [-0.39, 0.29) is 0 Å². The average molecular weight is 405 g/mol. The highest BCUT2D eigenvalue weighted by Crippen LogP contribution is 2.29. The van der Waals surface area contributed by atoms with Crippen molar-refractivity contribution >= 4 is 0 Å². The van der Waals surface area contributed by atoms with Crippen molar-refractivity contribution in [1.82, 2.24) is 19.7 Å². The lowest BCUT2D eigenvalue weighted by Crippen LogP contribution is -2.34. The number of nitrogens with zero attached hydrogens (tertiary/aromatic N) is 4. The molecular weight excluding hydrogens is 372 g/mol. The Balaban J connectivity index is 1.51. The topological polar surface area (TPSA) is 43.2 Å². The summed E-state index contributed by atoms with van der Waals surface area (Å²) in [4.78, 5) is 7.49. The van der Waals surface area contributed by atoms with Gasteiger partial charge in [0.1, 0.15) is 5.75 Å². The van der Waals surface area contributed by atoms with Crippen LogP contribution in [0.4, 0.5) is 0 Å². The highest BCUT2D eigenvalue weighted by molar-refractivity contribution is 5.38. The van der Waals surface area contributed by atoms with E-state index in [4.69, 9.17) is 9.72 Å². The first-order valence-electron chi connectivity index (χ1n) is 10.8. The largest absolute Gasteiger partial charge is 0.496 e. The zero-order valence-electron chi connectivity index (χ0n) is 18.6. The molecule has 5 heteroatoms. The van der Waals surface area contributed by atoms with Crippen LogP contribution in [0.3, 0.4) is 0 Å². The van der Waals surface area contributed by atoms with Gasteiger partial charge in [-0.05, 0) is 62.6 Å². The van der Waals surface area contributed by atoms with E-state index in [1.165, 1.54) is 40.9 Å². The minimum absolute atomic E-state index is 0.479. The molecule has 0 aliphatic carbocycles. The number of ether oxygens (including phenoxy) is 1. The molecule has 1 atom stereocenters. The summed E-state index contributed by atoms with van der Waals surface area (Å²) in [6, 6.07) is 12.8. The molecule has 5 nitrogen and oxygen atoms in total. The Bertz CT molecular complexity index is 1010. The monoisotopic (exact) mass is 404 g/mol. The maximum Gasteiger partial charge on any atom is 0.122 e. The Morgan fingerprint density at radius 2 is 1.97 bits per heavy atom. The van der Waals surface area contributed by atoms with Crippen LogP contribution in [0, 0.1) is 13.8 Å². The molecule has 1 aliphatic heterocycles. The smallest absolute Gasteiger partial charge is 0.122 e. The highest BCUT2D eigenvalue weighted by Gasteiger charge is 2.24. The molecule has 30 heavy (non-hydrogen) atoms. The van der Waals surface area contributed by atoms with Gasteiger partial charge >= 0.3 is 0 Å². The van der Waals surface area contributed by atoms with Gasteiger partial charge in [0.15, 0.2) is 0 Å². The quantitative estimate of drug-likeness (QED) is 0.610. The molecule has 2 aromatic heterocycles. The Hall–Kier alpha value is -2.66. The Morgan fingerprint density at radius 1 is 1.13 bits per heavy atom. The average Bonchev–Trinajstić information content (AvgIpc) is 3.06. The number of likely N-dealkylation sites (tertiary alicyclic amines) is 1. The third-order valence-electron chi connectivity index (χ3n) is 6.27. The fraction of sp³-hybridized carbons (Fsp3) is 0.440. The molecule has 1 aliphatic rings. The number of pyridine rings is 1. The minimum atomic E-state index is 0.479. The number of aromatic nitrogens is 3. The van der Waals surface area contributed by atoms with Gasteiger partial charge in [-0.25, -0.2) is 0 Å². The maximum absolute atomic E-state index is 5.55. The predicted octanol–water partition coefficient (Wildman–Crippen LogP) is 4.41. The summed E-state index contributed by atoms with van der Waals surface area (Å²) in [6.07, 6.45) is 5.29. The zero-order chi connectivity index (χ0) is 21.1. The van der Waals surface area contributed by atoms with Gasteiger partial charge in [-0.1, -0.05) is 18.2 Å². The fourth-order valence-corrected chi connectivity index (χ4v) is 4.53. The standard InChI is InChI=1S/C25H32N4O/c1-18-12-20(13-21-8-5-6-10-25(21)30-4)14-24(27-18)22-9-7-11-29(16-22)17-23-15-26-28(3)19(23)2/h5-6,8,10,12,14-15,22H,7,9,11,13,16-17H2,1-4H3. The Kier molecular flexibility index (Phi) is 6.18. The lowest BCUT2D eigenvalue weighted by atomic mass is 9.92. The molecule has 1 unspecified atom stereocenters. The van der Waals surface area contributed by atoms with E-state index in [9.17, 15) is 0 Å². The third kappa shape index (κ3) is 4.57. The zero-order valence-corrected chi connectivity index (χ0v) is 18.6. The van der Waals surface area contributed by atoms with Crippen molar-refractivity contribution in [2.75, 3.05) is 20.2 Å². The molecule has 3 heterocycles. The maximum atomic E-state index is 5.55. The number of hydrogen-bond donors (Lipinski definition) is 0. The molecule has 0 saturated carbocycles.